The molecule has 0 unspecified atom stereocenters. The highest BCUT2D eigenvalue weighted by atomic mass is 32.1. The van der Waals surface area contributed by atoms with Crippen LogP contribution in [0.3, 0.4) is 0 Å². The van der Waals surface area contributed by atoms with E-state index in [1.807, 2.05) is 12.1 Å². The Morgan fingerprint density at radius 2 is 2.10 bits per heavy atom. The first-order valence-electron chi connectivity index (χ1n) is 9.71. The number of carbonyl (C=O) groups is 2. The van der Waals surface area contributed by atoms with Gasteiger partial charge in [-0.1, -0.05) is 0 Å². The van der Waals surface area contributed by atoms with E-state index in [1.54, 1.807) is 17.6 Å². The third-order valence-electron chi connectivity index (χ3n) is 5.21. The largest absolute Gasteiger partial charge is 0.490 e. The topological polar surface area (TPSA) is 92.0 Å². The third kappa shape index (κ3) is 6.55. The van der Waals surface area contributed by atoms with Crippen LogP contribution in [0, 0.1) is 5.92 Å². The Balaban J connectivity index is 0.000000339. The van der Waals surface area contributed by atoms with Gasteiger partial charge in [0.1, 0.15) is 5.76 Å². The van der Waals surface area contributed by atoms with Crippen molar-refractivity contribution >= 4 is 23.2 Å². The van der Waals surface area contributed by atoms with Crippen LogP contribution in [0.15, 0.2) is 39.6 Å². The van der Waals surface area contributed by atoms with Gasteiger partial charge in [-0.3, -0.25) is 9.69 Å². The molecule has 31 heavy (non-hydrogen) atoms. The first kappa shape index (κ1) is 23.3. The number of carboxylic acid groups (broad SMARTS) is 1. The standard InChI is InChI=1S/C18H22N2O3S.C2HF3O2/c21-18(19-9-15-2-1-5-22-15)14-8-17-16(3-6-23-17)20(11-14)10-13-4-7-24-12-13;3-2(4,5)1(6)7/h1-2,4-5,7,12,14,16-17H,3,6,8-11H2,(H,19,21);(H,6,7)/t14-,16-,17-;/m1./s1. The molecule has 0 aromatic carbocycles. The number of nitrogens with zero attached hydrogens (tertiary/aromatic N) is 1. The average molecular weight is 460 g/mol. The van der Waals surface area contributed by atoms with E-state index >= 15 is 0 Å². The molecule has 11 heteroatoms. The minimum atomic E-state index is -5.08. The Labute approximate surface area is 180 Å². The second kappa shape index (κ2) is 10.3. The fraction of sp³-hybridized carbons (Fsp3) is 0.500. The lowest BCUT2D eigenvalue weighted by molar-refractivity contribution is -0.192. The third-order valence-corrected chi connectivity index (χ3v) is 5.94. The van der Waals surface area contributed by atoms with Crippen molar-refractivity contribution in [2.75, 3.05) is 13.2 Å². The van der Waals surface area contributed by atoms with Crippen LogP contribution in [-0.2, 0) is 27.4 Å². The molecule has 2 aliphatic rings. The van der Waals surface area contributed by atoms with Crippen molar-refractivity contribution in [2.45, 2.75) is 44.3 Å². The summed E-state index contributed by atoms with van der Waals surface area (Å²) < 4.78 is 42.9. The van der Waals surface area contributed by atoms with Crippen molar-refractivity contribution < 1.29 is 37.0 Å². The van der Waals surface area contributed by atoms with Crippen molar-refractivity contribution in [3.05, 3.63) is 46.5 Å². The smallest absolute Gasteiger partial charge is 0.475 e. The van der Waals surface area contributed by atoms with Gasteiger partial charge in [0, 0.05) is 25.7 Å². The van der Waals surface area contributed by atoms with Gasteiger partial charge in [-0.25, -0.2) is 4.79 Å². The lowest BCUT2D eigenvalue weighted by Crippen LogP contribution is -2.52. The number of likely N-dealkylation sites (tertiary alicyclic amines) is 1. The highest BCUT2D eigenvalue weighted by molar-refractivity contribution is 7.07. The Bertz CT molecular complexity index is 842. The van der Waals surface area contributed by atoms with Gasteiger partial charge in [0.25, 0.3) is 0 Å². The van der Waals surface area contributed by atoms with E-state index in [-0.39, 0.29) is 17.9 Å². The van der Waals surface area contributed by atoms with E-state index in [2.05, 4.69) is 27.0 Å². The van der Waals surface area contributed by atoms with Crippen LogP contribution in [0.2, 0.25) is 0 Å². The number of hydrogen-bond donors (Lipinski definition) is 2. The van der Waals surface area contributed by atoms with Gasteiger partial charge in [0.2, 0.25) is 5.91 Å². The molecule has 0 aliphatic carbocycles. The number of amides is 1. The molecule has 2 fully saturated rings. The second-order valence-electron chi connectivity index (χ2n) is 7.36. The van der Waals surface area contributed by atoms with Crippen LogP contribution in [0.4, 0.5) is 13.2 Å². The maximum atomic E-state index is 12.6. The fourth-order valence-electron chi connectivity index (χ4n) is 3.77. The van der Waals surface area contributed by atoms with Gasteiger partial charge < -0.3 is 19.6 Å². The lowest BCUT2D eigenvalue weighted by Gasteiger charge is -2.40. The molecule has 7 nitrogen and oxygen atoms in total. The molecule has 0 spiro atoms. The van der Waals surface area contributed by atoms with Crippen molar-refractivity contribution in [3.8, 4) is 0 Å². The van der Waals surface area contributed by atoms with Crippen molar-refractivity contribution in [3.63, 3.8) is 0 Å². The molecule has 2 N–H and O–H groups in total. The molecule has 1 amide bonds. The Hall–Kier alpha value is -2.37. The molecule has 4 rings (SSSR count). The fourth-order valence-corrected chi connectivity index (χ4v) is 4.43. The average Bonchev–Trinajstić information content (AvgIpc) is 3.47. The highest BCUT2D eigenvalue weighted by Gasteiger charge is 2.42. The summed E-state index contributed by atoms with van der Waals surface area (Å²) in [4.78, 5) is 23.9. The van der Waals surface area contributed by atoms with Crippen LogP contribution in [0.25, 0.3) is 0 Å². The zero-order valence-electron chi connectivity index (χ0n) is 16.5. The summed E-state index contributed by atoms with van der Waals surface area (Å²) >= 11 is 1.72. The summed E-state index contributed by atoms with van der Waals surface area (Å²) in [6.45, 7) is 2.94. The number of rotatable bonds is 5. The van der Waals surface area contributed by atoms with Crippen LogP contribution < -0.4 is 5.32 Å². The van der Waals surface area contributed by atoms with Crippen LogP contribution in [-0.4, -0.2) is 53.4 Å². The number of hydrogen-bond acceptors (Lipinski definition) is 6. The first-order valence-corrected chi connectivity index (χ1v) is 10.6. The number of furan rings is 1. The minimum absolute atomic E-state index is 0.0297. The van der Waals surface area contributed by atoms with Gasteiger partial charge in [-0.15, -0.1) is 0 Å². The number of nitrogens with one attached hydrogen (secondary N) is 1. The molecule has 4 heterocycles. The summed E-state index contributed by atoms with van der Waals surface area (Å²) in [6.07, 6.45) is -1.40. The quantitative estimate of drug-likeness (QED) is 0.712. The summed E-state index contributed by atoms with van der Waals surface area (Å²) in [5, 5.41) is 14.4. The van der Waals surface area contributed by atoms with Crippen LogP contribution in [0.1, 0.15) is 24.2 Å². The molecule has 3 atom stereocenters. The Morgan fingerprint density at radius 1 is 1.32 bits per heavy atom. The number of piperidine rings is 1. The SMILES string of the molecule is O=C(NCc1ccco1)[C@@H]1C[C@H]2OCC[C@H]2N(Cc2ccsc2)C1.O=C(O)C(F)(F)F. The number of fused-ring (bicyclic) bond motifs is 1. The van der Waals surface area contributed by atoms with Gasteiger partial charge >= 0.3 is 12.1 Å². The molecule has 2 aromatic heterocycles. The Kier molecular flexibility index (Phi) is 7.74. The van der Waals surface area contributed by atoms with Gasteiger partial charge in [0.05, 0.1) is 24.8 Å². The monoisotopic (exact) mass is 460 g/mol. The van der Waals surface area contributed by atoms with Crippen molar-refractivity contribution in [2.24, 2.45) is 5.92 Å². The minimum Gasteiger partial charge on any atom is -0.475 e. The number of thiophene rings is 1. The van der Waals surface area contributed by atoms with Gasteiger partial charge in [-0.2, -0.15) is 24.5 Å². The van der Waals surface area contributed by atoms with E-state index in [4.69, 9.17) is 19.1 Å². The van der Waals surface area contributed by atoms with Crippen molar-refractivity contribution in [1.82, 2.24) is 10.2 Å². The summed E-state index contributed by atoms with van der Waals surface area (Å²) in [6, 6.07) is 6.32. The molecule has 0 radical (unpaired) electrons. The van der Waals surface area contributed by atoms with Crippen molar-refractivity contribution in [1.29, 1.82) is 0 Å². The molecular weight excluding hydrogens is 437 g/mol. The molecule has 2 aliphatic heterocycles. The zero-order chi connectivity index (χ0) is 22.4. The maximum Gasteiger partial charge on any atom is 0.490 e. The van der Waals surface area contributed by atoms with Crippen LogP contribution >= 0.6 is 11.3 Å². The number of carbonyl (C=O) groups excluding carboxylic acids is 1. The van der Waals surface area contributed by atoms with E-state index in [0.717, 1.165) is 38.3 Å². The van der Waals surface area contributed by atoms with E-state index in [9.17, 15) is 18.0 Å². The van der Waals surface area contributed by atoms with Crippen LogP contribution in [0.5, 0.6) is 0 Å². The molecule has 0 saturated carbocycles. The normalized spacial score (nSPS) is 23.5. The Morgan fingerprint density at radius 3 is 2.71 bits per heavy atom. The van der Waals surface area contributed by atoms with Gasteiger partial charge in [-0.05, 0) is 47.4 Å². The first-order chi connectivity index (χ1) is 14.7. The molecule has 2 saturated heterocycles. The highest BCUT2D eigenvalue weighted by Crippen LogP contribution is 2.32. The predicted molar refractivity (Wildman–Crippen MR) is 105 cm³/mol. The summed E-state index contributed by atoms with van der Waals surface area (Å²) in [7, 11) is 0. The number of alkyl halides is 3. The summed E-state index contributed by atoms with van der Waals surface area (Å²) in [5.41, 5.74) is 1.32. The maximum absolute atomic E-state index is 12.6. The second-order valence-corrected chi connectivity index (χ2v) is 8.14. The zero-order valence-corrected chi connectivity index (χ0v) is 17.3. The number of halogens is 3. The predicted octanol–water partition coefficient (Wildman–Crippen LogP) is 3.27. The molecular formula is C20H23F3N2O5S. The van der Waals surface area contributed by atoms with Gasteiger partial charge in [0.15, 0.2) is 0 Å². The van der Waals surface area contributed by atoms with E-state index in [1.165, 1.54) is 5.56 Å². The molecule has 170 valence electrons. The molecule has 0 bridgehead atoms. The summed E-state index contributed by atoms with van der Waals surface area (Å²) in [5.74, 6) is -1.91. The number of carboxylic acids is 1. The van der Waals surface area contributed by atoms with E-state index < -0.39 is 12.1 Å². The lowest BCUT2D eigenvalue weighted by atomic mass is 9.89. The molecule has 2 aromatic rings. The van der Waals surface area contributed by atoms with E-state index in [0.29, 0.717) is 12.6 Å². The number of ether oxygens (including phenoxy) is 1. The number of aliphatic carboxylic acids is 1.